The molecule has 90 valence electrons. The van der Waals surface area contributed by atoms with Crippen molar-refractivity contribution in [2.75, 3.05) is 19.7 Å². The first-order valence-corrected chi connectivity index (χ1v) is 5.37. The van der Waals surface area contributed by atoms with Crippen LogP contribution in [0, 0.1) is 5.92 Å². The van der Waals surface area contributed by atoms with Crippen LogP contribution in [0.15, 0.2) is 0 Å². The molecule has 0 heterocycles. The van der Waals surface area contributed by atoms with Gasteiger partial charge in [0.2, 0.25) is 5.91 Å². The molecular weight excluding hydrogens is 212 g/mol. The number of amides is 2. The molecule has 1 fully saturated rings. The second-order valence-corrected chi connectivity index (χ2v) is 3.54. The predicted octanol–water partition coefficient (Wildman–Crippen LogP) is -0.808. The van der Waals surface area contributed by atoms with Crippen molar-refractivity contribution in [2.24, 2.45) is 5.92 Å². The van der Waals surface area contributed by atoms with Crippen LogP contribution in [0.25, 0.3) is 0 Å². The fraction of sp³-hybridized carbons (Fsp3) is 0.700. The van der Waals surface area contributed by atoms with Crippen molar-refractivity contribution >= 4 is 17.8 Å². The Morgan fingerprint density at radius 3 is 2.38 bits per heavy atom. The Labute approximate surface area is 93.7 Å². The normalized spacial score (nSPS) is 14.1. The van der Waals surface area contributed by atoms with Crippen LogP contribution in [0.2, 0.25) is 0 Å². The fourth-order valence-corrected chi connectivity index (χ4v) is 1.12. The van der Waals surface area contributed by atoms with Crippen molar-refractivity contribution in [1.29, 1.82) is 0 Å². The lowest BCUT2D eigenvalue weighted by Crippen LogP contribution is -2.38. The van der Waals surface area contributed by atoms with Crippen molar-refractivity contribution in [1.82, 2.24) is 10.6 Å². The molecule has 6 nitrogen and oxygen atoms in total. The quantitative estimate of drug-likeness (QED) is 0.366. The molecule has 16 heavy (non-hydrogen) atoms. The summed E-state index contributed by atoms with van der Waals surface area (Å²) in [5.41, 5.74) is 0. The number of hydrogen-bond donors (Lipinski definition) is 2. The van der Waals surface area contributed by atoms with Crippen LogP contribution < -0.4 is 10.6 Å². The second kappa shape index (κ2) is 6.09. The SMILES string of the molecule is CCOC(=O)C(=O)NCCNC(=O)C1CC1. The van der Waals surface area contributed by atoms with Gasteiger partial charge in [-0.2, -0.15) is 0 Å². The third-order valence-corrected chi connectivity index (χ3v) is 2.12. The van der Waals surface area contributed by atoms with Gasteiger partial charge in [0, 0.05) is 19.0 Å². The highest BCUT2D eigenvalue weighted by molar-refractivity contribution is 6.32. The molecule has 0 radical (unpaired) electrons. The molecule has 0 bridgehead atoms. The average molecular weight is 228 g/mol. The maximum atomic E-state index is 11.2. The van der Waals surface area contributed by atoms with Gasteiger partial charge in [-0.3, -0.25) is 9.59 Å². The van der Waals surface area contributed by atoms with Crippen molar-refractivity contribution in [3.05, 3.63) is 0 Å². The van der Waals surface area contributed by atoms with Gasteiger partial charge in [-0.15, -0.1) is 0 Å². The number of nitrogens with one attached hydrogen (secondary N) is 2. The van der Waals surface area contributed by atoms with Gasteiger partial charge < -0.3 is 15.4 Å². The first-order chi connectivity index (χ1) is 7.65. The summed E-state index contributed by atoms with van der Waals surface area (Å²) in [4.78, 5) is 33.1. The Hall–Kier alpha value is -1.59. The second-order valence-electron chi connectivity index (χ2n) is 3.54. The van der Waals surface area contributed by atoms with Gasteiger partial charge in [-0.05, 0) is 19.8 Å². The Morgan fingerprint density at radius 1 is 1.19 bits per heavy atom. The number of ether oxygens (including phenoxy) is 1. The zero-order valence-corrected chi connectivity index (χ0v) is 9.25. The minimum Gasteiger partial charge on any atom is -0.459 e. The minimum atomic E-state index is -0.893. The van der Waals surface area contributed by atoms with E-state index in [1.165, 1.54) is 0 Å². The molecule has 6 heteroatoms. The molecule has 0 spiro atoms. The van der Waals surface area contributed by atoms with Crippen LogP contribution in [0.5, 0.6) is 0 Å². The average Bonchev–Trinajstić information content (AvgIpc) is 3.07. The summed E-state index contributed by atoms with van der Waals surface area (Å²) in [6, 6.07) is 0. The highest BCUT2D eigenvalue weighted by Crippen LogP contribution is 2.28. The summed E-state index contributed by atoms with van der Waals surface area (Å²) >= 11 is 0. The van der Waals surface area contributed by atoms with Crippen LogP contribution in [0.4, 0.5) is 0 Å². The van der Waals surface area contributed by atoms with E-state index in [2.05, 4.69) is 15.4 Å². The monoisotopic (exact) mass is 228 g/mol. The number of carbonyl (C=O) groups is 3. The summed E-state index contributed by atoms with van der Waals surface area (Å²) in [6.45, 7) is 2.36. The van der Waals surface area contributed by atoms with Gasteiger partial charge >= 0.3 is 11.9 Å². The summed E-state index contributed by atoms with van der Waals surface area (Å²) < 4.78 is 4.49. The standard InChI is InChI=1S/C10H16N2O4/c1-2-16-10(15)9(14)12-6-5-11-8(13)7-3-4-7/h7H,2-6H2,1H3,(H,11,13)(H,12,14). The zero-order valence-electron chi connectivity index (χ0n) is 9.25. The van der Waals surface area contributed by atoms with Crippen molar-refractivity contribution in [2.45, 2.75) is 19.8 Å². The highest BCUT2D eigenvalue weighted by atomic mass is 16.5. The van der Waals surface area contributed by atoms with Gasteiger partial charge in [0.05, 0.1) is 6.61 Å². The topological polar surface area (TPSA) is 84.5 Å². The van der Waals surface area contributed by atoms with E-state index in [-0.39, 0.29) is 25.0 Å². The van der Waals surface area contributed by atoms with Crippen molar-refractivity contribution in [3.8, 4) is 0 Å². The van der Waals surface area contributed by atoms with Gasteiger partial charge in [0.15, 0.2) is 0 Å². The Kier molecular flexibility index (Phi) is 4.75. The van der Waals surface area contributed by atoms with Crippen LogP contribution in [-0.2, 0) is 19.1 Å². The van der Waals surface area contributed by atoms with Crippen molar-refractivity contribution in [3.63, 3.8) is 0 Å². The van der Waals surface area contributed by atoms with Gasteiger partial charge in [-0.1, -0.05) is 0 Å². The molecule has 0 saturated heterocycles. The van der Waals surface area contributed by atoms with E-state index in [0.29, 0.717) is 6.54 Å². The number of esters is 1. The first-order valence-electron chi connectivity index (χ1n) is 5.37. The minimum absolute atomic E-state index is 0.0189. The summed E-state index contributed by atoms with van der Waals surface area (Å²) in [5, 5.41) is 5.02. The predicted molar refractivity (Wildman–Crippen MR) is 55.4 cm³/mol. The van der Waals surface area contributed by atoms with E-state index < -0.39 is 11.9 Å². The molecule has 1 rings (SSSR count). The van der Waals surface area contributed by atoms with Crippen LogP contribution in [-0.4, -0.2) is 37.5 Å². The lowest BCUT2D eigenvalue weighted by atomic mass is 10.4. The van der Waals surface area contributed by atoms with E-state index in [1.807, 2.05) is 0 Å². The van der Waals surface area contributed by atoms with E-state index >= 15 is 0 Å². The molecule has 2 amide bonds. The number of rotatable bonds is 5. The number of carbonyl (C=O) groups excluding carboxylic acids is 3. The zero-order chi connectivity index (χ0) is 12.0. The van der Waals surface area contributed by atoms with E-state index in [0.717, 1.165) is 12.8 Å². The molecule has 1 aliphatic rings. The molecule has 0 aromatic carbocycles. The summed E-state index contributed by atoms with van der Waals surface area (Å²) in [6.07, 6.45) is 1.89. The summed E-state index contributed by atoms with van der Waals surface area (Å²) in [7, 11) is 0. The molecule has 0 aliphatic heterocycles. The largest absolute Gasteiger partial charge is 0.459 e. The van der Waals surface area contributed by atoms with E-state index in [4.69, 9.17) is 0 Å². The van der Waals surface area contributed by atoms with E-state index in [9.17, 15) is 14.4 Å². The van der Waals surface area contributed by atoms with E-state index in [1.54, 1.807) is 6.92 Å². The molecule has 0 unspecified atom stereocenters. The molecule has 0 aromatic rings. The third-order valence-electron chi connectivity index (χ3n) is 2.12. The van der Waals surface area contributed by atoms with Crippen molar-refractivity contribution < 1.29 is 19.1 Å². The first kappa shape index (κ1) is 12.5. The van der Waals surface area contributed by atoms with Gasteiger partial charge in [-0.25, -0.2) is 4.79 Å². The Bertz CT molecular complexity index is 287. The smallest absolute Gasteiger partial charge is 0.396 e. The third kappa shape index (κ3) is 4.29. The van der Waals surface area contributed by atoms with Crippen LogP contribution in [0.1, 0.15) is 19.8 Å². The number of hydrogen-bond acceptors (Lipinski definition) is 4. The Balaban J connectivity index is 2.03. The fourth-order valence-electron chi connectivity index (χ4n) is 1.12. The van der Waals surface area contributed by atoms with Crippen LogP contribution >= 0.6 is 0 Å². The molecule has 1 aliphatic carbocycles. The highest BCUT2D eigenvalue weighted by Gasteiger charge is 2.29. The molecule has 2 N–H and O–H groups in total. The lowest BCUT2D eigenvalue weighted by molar-refractivity contribution is -0.154. The molecule has 1 saturated carbocycles. The molecule has 0 atom stereocenters. The Morgan fingerprint density at radius 2 is 1.81 bits per heavy atom. The summed E-state index contributed by atoms with van der Waals surface area (Å²) in [5.74, 6) is -1.50. The van der Waals surface area contributed by atoms with Gasteiger partial charge in [0.25, 0.3) is 0 Å². The molecular formula is C10H16N2O4. The molecule has 0 aromatic heterocycles. The maximum Gasteiger partial charge on any atom is 0.396 e. The van der Waals surface area contributed by atoms with Crippen LogP contribution in [0.3, 0.4) is 0 Å². The lowest BCUT2D eigenvalue weighted by Gasteiger charge is -2.05. The maximum absolute atomic E-state index is 11.2. The van der Waals surface area contributed by atoms with Gasteiger partial charge in [0.1, 0.15) is 0 Å².